The van der Waals surface area contributed by atoms with E-state index in [4.69, 9.17) is 0 Å². The maximum absolute atomic E-state index is 3.59. The summed E-state index contributed by atoms with van der Waals surface area (Å²) in [6, 6.07) is 2.99. The first-order valence-electron chi connectivity index (χ1n) is 6.51. The van der Waals surface area contributed by atoms with Crippen molar-refractivity contribution in [3.8, 4) is 0 Å². The zero-order chi connectivity index (χ0) is 11.7. The van der Waals surface area contributed by atoms with Crippen molar-refractivity contribution in [2.75, 3.05) is 26.2 Å². The van der Waals surface area contributed by atoms with Crippen LogP contribution in [0.4, 0.5) is 0 Å². The standard InChI is InChI=1S/C13H19BrN2S/c14-11-8-13(17-9-11)12(7-10-1-2-10)16-5-3-15-4-6-16/h8-10,12,15H,1-7H2/t12-/m0/s1. The Kier molecular flexibility index (Phi) is 3.85. The summed E-state index contributed by atoms with van der Waals surface area (Å²) in [4.78, 5) is 4.22. The predicted octanol–water partition coefficient (Wildman–Crippen LogP) is 3.26. The molecule has 0 spiro atoms. The number of halogens is 1. The van der Waals surface area contributed by atoms with E-state index in [0.717, 1.165) is 19.0 Å². The van der Waals surface area contributed by atoms with Crippen molar-refractivity contribution >= 4 is 27.3 Å². The second kappa shape index (κ2) is 5.39. The van der Waals surface area contributed by atoms with Gasteiger partial charge in [-0.25, -0.2) is 0 Å². The van der Waals surface area contributed by atoms with Gasteiger partial charge in [-0.2, -0.15) is 0 Å². The second-order valence-corrected chi connectivity index (χ2v) is 7.01. The molecular formula is C13H19BrN2S. The third kappa shape index (κ3) is 3.11. The zero-order valence-electron chi connectivity index (χ0n) is 9.99. The maximum atomic E-state index is 3.59. The minimum Gasteiger partial charge on any atom is -0.314 e. The van der Waals surface area contributed by atoms with Crippen molar-refractivity contribution in [1.82, 2.24) is 10.2 Å². The molecule has 1 aromatic heterocycles. The fourth-order valence-corrected chi connectivity index (χ4v) is 4.20. The molecular weight excluding hydrogens is 296 g/mol. The molecule has 3 rings (SSSR count). The van der Waals surface area contributed by atoms with Gasteiger partial charge in [0.15, 0.2) is 0 Å². The number of hydrogen-bond acceptors (Lipinski definition) is 3. The topological polar surface area (TPSA) is 15.3 Å². The molecule has 2 fully saturated rings. The van der Waals surface area contributed by atoms with Crippen LogP contribution in [0.15, 0.2) is 15.9 Å². The van der Waals surface area contributed by atoms with Crippen LogP contribution in [0.3, 0.4) is 0 Å². The molecule has 0 radical (unpaired) electrons. The molecule has 1 atom stereocenters. The molecule has 0 amide bonds. The molecule has 2 aliphatic rings. The molecule has 1 saturated carbocycles. The van der Waals surface area contributed by atoms with Gasteiger partial charge in [-0.1, -0.05) is 12.8 Å². The van der Waals surface area contributed by atoms with Crippen molar-refractivity contribution in [2.45, 2.75) is 25.3 Å². The van der Waals surface area contributed by atoms with Crippen LogP contribution in [0, 0.1) is 5.92 Å². The van der Waals surface area contributed by atoms with E-state index in [0.29, 0.717) is 6.04 Å². The summed E-state index contributed by atoms with van der Waals surface area (Å²) in [5, 5.41) is 5.67. The van der Waals surface area contributed by atoms with Gasteiger partial charge in [0, 0.05) is 47.0 Å². The summed E-state index contributed by atoms with van der Waals surface area (Å²) in [7, 11) is 0. The SMILES string of the molecule is Brc1csc([C@H](CC2CC2)N2CCNCC2)c1. The summed E-state index contributed by atoms with van der Waals surface area (Å²) >= 11 is 5.50. The lowest BCUT2D eigenvalue weighted by molar-refractivity contribution is 0.163. The van der Waals surface area contributed by atoms with Crippen LogP contribution >= 0.6 is 27.3 Å². The van der Waals surface area contributed by atoms with Crippen LogP contribution in [-0.2, 0) is 0 Å². The Morgan fingerprint density at radius 1 is 1.41 bits per heavy atom. The Labute approximate surface area is 116 Å². The highest BCUT2D eigenvalue weighted by atomic mass is 79.9. The molecule has 0 aromatic carbocycles. The zero-order valence-corrected chi connectivity index (χ0v) is 12.4. The molecule has 2 heterocycles. The molecule has 1 saturated heterocycles. The van der Waals surface area contributed by atoms with Gasteiger partial charge in [0.2, 0.25) is 0 Å². The molecule has 0 bridgehead atoms. The number of piperazine rings is 1. The summed E-state index contributed by atoms with van der Waals surface area (Å²) in [5.74, 6) is 0.996. The van der Waals surface area contributed by atoms with Gasteiger partial charge in [-0.15, -0.1) is 11.3 Å². The van der Waals surface area contributed by atoms with Crippen LogP contribution in [0.2, 0.25) is 0 Å². The number of nitrogens with one attached hydrogen (secondary N) is 1. The van der Waals surface area contributed by atoms with E-state index in [1.807, 2.05) is 11.3 Å². The monoisotopic (exact) mass is 314 g/mol. The minimum absolute atomic E-state index is 0.668. The van der Waals surface area contributed by atoms with Gasteiger partial charge in [0.1, 0.15) is 0 Å². The smallest absolute Gasteiger partial charge is 0.0445 e. The number of rotatable bonds is 4. The van der Waals surface area contributed by atoms with Crippen LogP contribution in [-0.4, -0.2) is 31.1 Å². The fraction of sp³-hybridized carbons (Fsp3) is 0.692. The van der Waals surface area contributed by atoms with E-state index >= 15 is 0 Å². The first-order valence-corrected chi connectivity index (χ1v) is 8.19. The fourth-order valence-electron chi connectivity index (χ4n) is 2.61. The van der Waals surface area contributed by atoms with Crippen molar-refractivity contribution < 1.29 is 0 Å². The van der Waals surface area contributed by atoms with Crippen LogP contribution in [0.25, 0.3) is 0 Å². The van der Waals surface area contributed by atoms with E-state index in [1.54, 1.807) is 4.88 Å². The Balaban J connectivity index is 1.74. The lowest BCUT2D eigenvalue weighted by Crippen LogP contribution is -2.45. The van der Waals surface area contributed by atoms with Crippen LogP contribution in [0.1, 0.15) is 30.2 Å². The Hall–Kier alpha value is 0.1000. The van der Waals surface area contributed by atoms with Gasteiger partial charge in [0.05, 0.1) is 0 Å². The molecule has 0 unspecified atom stereocenters. The van der Waals surface area contributed by atoms with E-state index in [9.17, 15) is 0 Å². The van der Waals surface area contributed by atoms with E-state index in [2.05, 4.69) is 37.6 Å². The average molecular weight is 315 g/mol. The molecule has 1 N–H and O–H groups in total. The average Bonchev–Trinajstić information content (AvgIpc) is 3.08. The summed E-state index contributed by atoms with van der Waals surface area (Å²) in [6.07, 6.45) is 4.28. The number of nitrogens with zero attached hydrogens (tertiary/aromatic N) is 1. The van der Waals surface area contributed by atoms with E-state index < -0.39 is 0 Å². The lowest BCUT2D eigenvalue weighted by Gasteiger charge is -2.34. The largest absolute Gasteiger partial charge is 0.314 e. The predicted molar refractivity (Wildman–Crippen MR) is 76.5 cm³/mol. The lowest BCUT2D eigenvalue weighted by atomic mass is 10.1. The Morgan fingerprint density at radius 2 is 2.18 bits per heavy atom. The van der Waals surface area contributed by atoms with E-state index in [-0.39, 0.29) is 0 Å². The molecule has 2 nitrogen and oxygen atoms in total. The van der Waals surface area contributed by atoms with Crippen LogP contribution < -0.4 is 5.32 Å². The normalized spacial score (nSPS) is 23.8. The van der Waals surface area contributed by atoms with Gasteiger partial charge < -0.3 is 5.32 Å². The number of thiophene rings is 1. The van der Waals surface area contributed by atoms with Gasteiger partial charge in [-0.05, 0) is 34.3 Å². The molecule has 17 heavy (non-hydrogen) atoms. The maximum Gasteiger partial charge on any atom is 0.0445 e. The molecule has 1 aliphatic carbocycles. The summed E-state index contributed by atoms with van der Waals surface area (Å²) in [6.45, 7) is 4.70. The quantitative estimate of drug-likeness (QED) is 0.917. The van der Waals surface area contributed by atoms with Gasteiger partial charge >= 0.3 is 0 Å². The summed E-state index contributed by atoms with van der Waals surface area (Å²) < 4.78 is 1.24. The van der Waals surface area contributed by atoms with Crippen LogP contribution in [0.5, 0.6) is 0 Å². The second-order valence-electron chi connectivity index (χ2n) is 5.15. The Bertz CT molecular complexity index is 369. The minimum atomic E-state index is 0.668. The highest BCUT2D eigenvalue weighted by molar-refractivity contribution is 9.10. The highest BCUT2D eigenvalue weighted by Crippen LogP contribution is 2.42. The number of hydrogen-bond donors (Lipinski definition) is 1. The first kappa shape index (κ1) is 12.2. The third-order valence-electron chi connectivity index (χ3n) is 3.76. The van der Waals surface area contributed by atoms with Crippen molar-refractivity contribution in [3.63, 3.8) is 0 Å². The third-order valence-corrected chi connectivity index (χ3v) is 5.56. The highest BCUT2D eigenvalue weighted by Gasteiger charge is 2.31. The van der Waals surface area contributed by atoms with E-state index in [1.165, 1.54) is 36.8 Å². The summed E-state index contributed by atoms with van der Waals surface area (Å²) in [5.41, 5.74) is 0. The Morgan fingerprint density at radius 3 is 2.76 bits per heavy atom. The van der Waals surface area contributed by atoms with Crippen molar-refractivity contribution in [2.24, 2.45) is 5.92 Å². The molecule has 4 heteroatoms. The van der Waals surface area contributed by atoms with Crippen molar-refractivity contribution in [3.05, 3.63) is 20.8 Å². The molecule has 1 aromatic rings. The molecule has 1 aliphatic heterocycles. The van der Waals surface area contributed by atoms with Gasteiger partial charge in [0.25, 0.3) is 0 Å². The molecule has 94 valence electrons. The van der Waals surface area contributed by atoms with Gasteiger partial charge in [-0.3, -0.25) is 4.90 Å². The van der Waals surface area contributed by atoms with Crippen molar-refractivity contribution in [1.29, 1.82) is 0 Å². The first-order chi connectivity index (χ1) is 8.33.